The molecule has 0 amide bonds. The summed E-state index contributed by atoms with van der Waals surface area (Å²) in [6.45, 7) is 1.95. The average molecular weight is 231 g/mol. The quantitative estimate of drug-likeness (QED) is 0.649. The van der Waals surface area contributed by atoms with Crippen LogP contribution in [0.2, 0.25) is 0 Å². The molecule has 0 saturated heterocycles. The smallest absolute Gasteiger partial charge is 0.209 e. The molecule has 0 saturated carbocycles. The molecule has 0 bridgehead atoms. The molecular weight excluding hydrogens is 218 g/mol. The number of aryl methyl sites for hydroxylation is 1. The first-order chi connectivity index (χ1) is 7.72. The van der Waals surface area contributed by atoms with Gasteiger partial charge in [-0.05, 0) is 24.8 Å². The predicted octanol–water partition coefficient (Wildman–Crippen LogP) is 3.28. The van der Waals surface area contributed by atoms with Crippen molar-refractivity contribution in [3.05, 3.63) is 53.2 Å². The summed E-state index contributed by atoms with van der Waals surface area (Å²) in [6, 6.07) is 11.3. The minimum absolute atomic E-state index is 0.0541. The van der Waals surface area contributed by atoms with E-state index in [1.807, 2.05) is 49.6 Å². The lowest BCUT2D eigenvalue weighted by Gasteiger charge is -1.99. The van der Waals surface area contributed by atoms with E-state index >= 15 is 0 Å². The Bertz CT molecular complexity index is 502. The van der Waals surface area contributed by atoms with Gasteiger partial charge in [-0.15, -0.1) is 11.8 Å². The van der Waals surface area contributed by atoms with Gasteiger partial charge in [-0.3, -0.25) is 4.79 Å². The number of hydrogen-bond acceptors (Lipinski definition) is 2. The fraction of sp³-hybridized carbons (Fsp3) is 0.154. The number of H-pyrrole nitrogens is 1. The molecule has 3 heteroatoms. The van der Waals surface area contributed by atoms with E-state index < -0.39 is 0 Å². The number of carbonyl (C=O) groups excluding carboxylic acids is 1. The summed E-state index contributed by atoms with van der Waals surface area (Å²) < 4.78 is 0. The molecule has 0 atom stereocenters. The van der Waals surface area contributed by atoms with Crippen LogP contribution in [0.5, 0.6) is 0 Å². The van der Waals surface area contributed by atoms with Gasteiger partial charge in [0, 0.05) is 5.56 Å². The Balaban J connectivity index is 2.38. The zero-order chi connectivity index (χ0) is 11.5. The predicted molar refractivity (Wildman–Crippen MR) is 67.2 cm³/mol. The van der Waals surface area contributed by atoms with Gasteiger partial charge in [-0.1, -0.05) is 30.3 Å². The van der Waals surface area contributed by atoms with Gasteiger partial charge in [0.05, 0.1) is 10.7 Å². The first-order valence-electron chi connectivity index (χ1n) is 5.05. The van der Waals surface area contributed by atoms with Crippen LogP contribution in [-0.2, 0) is 0 Å². The molecule has 2 nitrogen and oxygen atoms in total. The fourth-order valence-corrected chi connectivity index (χ4v) is 2.11. The van der Waals surface area contributed by atoms with Crippen LogP contribution in [0.1, 0.15) is 21.6 Å². The summed E-state index contributed by atoms with van der Waals surface area (Å²) in [5.41, 5.74) is 2.41. The van der Waals surface area contributed by atoms with Crippen LogP contribution >= 0.6 is 11.8 Å². The standard InChI is InChI=1S/C13H13NOS/c1-9-8-11(16-2)14-12(9)13(15)10-6-4-3-5-7-10/h3-8,14H,1-2H3. The van der Waals surface area contributed by atoms with E-state index in [0.717, 1.165) is 16.2 Å². The van der Waals surface area contributed by atoms with E-state index in [1.54, 1.807) is 11.8 Å². The molecule has 0 aliphatic rings. The zero-order valence-electron chi connectivity index (χ0n) is 9.28. The maximum absolute atomic E-state index is 12.2. The number of hydrogen-bond donors (Lipinski definition) is 1. The van der Waals surface area contributed by atoms with E-state index in [1.165, 1.54) is 0 Å². The number of aromatic amines is 1. The molecule has 0 unspecified atom stereocenters. The van der Waals surface area contributed by atoms with E-state index in [-0.39, 0.29) is 5.78 Å². The monoisotopic (exact) mass is 231 g/mol. The molecule has 0 radical (unpaired) electrons. The maximum Gasteiger partial charge on any atom is 0.209 e. The molecule has 16 heavy (non-hydrogen) atoms. The van der Waals surface area contributed by atoms with Crippen LogP contribution in [0.25, 0.3) is 0 Å². The van der Waals surface area contributed by atoms with Gasteiger partial charge in [0.1, 0.15) is 0 Å². The van der Waals surface area contributed by atoms with Gasteiger partial charge < -0.3 is 4.98 Å². The average Bonchev–Trinajstić information content (AvgIpc) is 2.71. The lowest BCUT2D eigenvalue weighted by atomic mass is 10.1. The third-order valence-electron chi connectivity index (χ3n) is 2.47. The molecule has 0 fully saturated rings. The summed E-state index contributed by atoms with van der Waals surface area (Å²) in [5.74, 6) is 0.0541. The van der Waals surface area contributed by atoms with Crippen molar-refractivity contribution in [3.8, 4) is 0 Å². The lowest BCUT2D eigenvalue weighted by molar-refractivity contribution is 0.103. The highest BCUT2D eigenvalue weighted by Crippen LogP contribution is 2.20. The molecule has 2 rings (SSSR count). The minimum Gasteiger partial charge on any atom is -0.347 e. The van der Waals surface area contributed by atoms with Gasteiger partial charge >= 0.3 is 0 Å². The molecule has 0 aliphatic heterocycles. The first-order valence-corrected chi connectivity index (χ1v) is 6.28. The van der Waals surface area contributed by atoms with E-state index in [4.69, 9.17) is 0 Å². The van der Waals surface area contributed by atoms with E-state index in [0.29, 0.717) is 5.69 Å². The van der Waals surface area contributed by atoms with Crippen molar-refractivity contribution < 1.29 is 4.79 Å². The van der Waals surface area contributed by atoms with Crippen molar-refractivity contribution in [2.24, 2.45) is 0 Å². The molecule has 0 aliphatic carbocycles. The second-order valence-corrected chi connectivity index (χ2v) is 4.44. The highest BCUT2D eigenvalue weighted by molar-refractivity contribution is 7.98. The van der Waals surface area contributed by atoms with Crippen molar-refractivity contribution in [1.82, 2.24) is 4.98 Å². The third-order valence-corrected chi connectivity index (χ3v) is 3.13. The van der Waals surface area contributed by atoms with Crippen LogP contribution in [0.15, 0.2) is 41.4 Å². The van der Waals surface area contributed by atoms with Crippen molar-refractivity contribution in [2.45, 2.75) is 11.9 Å². The fourth-order valence-electron chi connectivity index (χ4n) is 1.61. The Morgan fingerprint density at radius 3 is 2.50 bits per heavy atom. The van der Waals surface area contributed by atoms with Crippen LogP contribution < -0.4 is 0 Å². The number of thioether (sulfide) groups is 1. The molecule has 1 N–H and O–H groups in total. The molecule has 2 aromatic rings. The summed E-state index contributed by atoms with van der Waals surface area (Å²) in [7, 11) is 0. The highest BCUT2D eigenvalue weighted by atomic mass is 32.2. The van der Waals surface area contributed by atoms with Crippen LogP contribution in [0.3, 0.4) is 0 Å². The third kappa shape index (κ3) is 2.04. The Morgan fingerprint density at radius 2 is 1.94 bits per heavy atom. The second-order valence-electron chi connectivity index (χ2n) is 3.59. The molecule has 1 aromatic heterocycles. The summed E-state index contributed by atoms with van der Waals surface area (Å²) in [5, 5.41) is 1.02. The Morgan fingerprint density at radius 1 is 1.25 bits per heavy atom. The lowest BCUT2D eigenvalue weighted by Crippen LogP contribution is -2.03. The summed E-state index contributed by atoms with van der Waals surface area (Å²) >= 11 is 1.61. The van der Waals surface area contributed by atoms with Crippen molar-refractivity contribution in [2.75, 3.05) is 6.26 Å². The summed E-state index contributed by atoms with van der Waals surface area (Å²) in [6.07, 6.45) is 1.99. The van der Waals surface area contributed by atoms with Gasteiger partial charge in [-0.25, -0.2) is 0 Å². The number of aromatic nitrogens is 1. The Kier molecular flexibility index (Phi) is 3.15. The molecule has 1 aromatic carbocycles. The summed E-state index contributed by atoms with van der Waals surface area (Å²) in [4.78, 5) is 15.3. The molecule has 0 spiro atoms. The van der Waals surface area contributed by atoms with Crippen molar-refractivity contribution in [1.29, 1.82) is 0 Å². The zero-order valence-corrected chi connectivity index (χ0v) is 10.1. The van der Waals surface area contributed by atoms with Crippen molar-refractivity contribution in [3.63, 3.8) is 0 Å². The number of benzene rings is 1. The van der Waals surface area contributed by atoms with E-state index in [2.05, 4.69) is 4.98 Å². The molecule has 1 heterocycles. The Labute approximate surface area is 99.1 Å². The van der Waals surface area contributed by atoms with Crippen LogP contribution in [0.4, 0.5) is 0 Å². The Hall–Kier alpha value is -1.48. The molecular formula is C13H13NOS. The number of nitrogens with one attached hydrogen (secondary N) is 1. The maximum atomic E-state index is 12.2. The number of rotatable bonds is 3. The topological polar surface area (TPSA) is 32.9 Å². The SMILES string of the molecule is CSc1cc(C)c(C(=O)c2ccccc2)[nH]1. The van der Waals surface area contributed by atoms with Gasteiger partial charge in [-0.2, -0.15) is 0 Å². The van der Waals surface area contributed by atoms with E-state index in [9.17, 15) is 4.79 Å². The minimum atomic E-state index is 0.0541. The normalized spacial score (nSPS) is 10.4. The van der Waals surface area contributed by atoms with Gasteiger partial charge in [0.15, 0.2) is 0 Å². The van der Waals surface area contributed by atoms with Crippen molar-refractivity contribution >= 4 is 17.5 Å². The van der Waals surface area contributed by atoms with Crippen LogP contribution in [0, 0.1) is 6.92 Å². The highest BCUT2D eigenvalue weighted by Gasteiger charge is 2.13. The number of ketones is 1. The number of carbonyl (C=O) groups is 1. The van der Waals surface area contributed by atoms with Gasteiger partial charge in [0.25, 0.3) is 0 Å². The molecule has 82 valence electrons. The largest absolute Gasteiger partial charge is 0.347 e. The van der Waals surface area contributed by atoms with Crippen LogP contribution in [-0.4, -0.2) is 17.0 Å². The van der Waals surface area contributed by atoms with Gasteiger partial charge in [0.2, 0.25) is 5.78 Å². The first kappa shape index (κ1) is 11.0. The second kappa shape index (κ2) is 4.58.